The van der Waals surface area contributed by atoms with Crippen molar-refractivity contribution in [1.82, 2.24) is 9.55 Å². The number of benzene rings is 3. The van der Waals surface area contributed by atoms with Crippen molar-refractivity contribution in [2.24, 2.45) is 0 Å². The monoisotopic (exact) mass is 375 g/mol. The number of aliphatic hydroxyl groups excluding tert-OH is 1. The van der Waals surface area contributed by atoms with Crippen LogP contribution in [0.3, 0.4) is 0 Å². The third kappa shape index (κ3) is 3.43. The van der Waals surface area contributed by atoms with Crippen LogP contribution in [-0.4, -0.2) is 32.8 Å². The Hall–Kier alpha value is -3.71. The molecule has 1 aromatic heterocycles. The van der Waals surface area contributed by atoms with Gasteiger partial charge in [0.25, 0.3) is 5.69 Å². The Labute approximate surface area is 160 Å². The third-order valence-corrected chi connectivity index (χ3v) is 4.43. The van der Waals surface area contributed by atoms with E-state index in [2.05, 4.69) is 4.98 Å². The molecule has 0 fully saturated rings. The number of ether oxygens (including phenoxy) is 1. The number of nitro benzene ring substituents is 1. The normalized spacial score (nSPS) is 10.9. The van der Waals surface area contributed by atoms with Crippen molar-refractivity contribution in [3.05, 3.63) is 83.2 Å². The van der Waals surface area contributed by atoms with Gasteiger partial charge in [-0.1, -0.05) is 6.07 Å². The summed E-state index contributed by atoms with van der Waals surface area (Å²) in [6.45, 7) is 0.240. The van der Waals surface area contributed by atoms with Crippen molar-refractivity contribution < 1.29 is 14.8 Å². The lowest BCUT2D eigenvalue weighted by Crippen LogP contribution is -2.01. The molecule has 4 aromatic rings. The Morgan fingerprint density at radius 1 is 1.00 bits per heavy atom. The zero-order chi connectivity index (χ0) is 19.5. The lowest BCUT2D eigenvalue weighted by molar-refractivity contribution is -0.384. The molecule has 4 rings (SSSR count). The number of aliphatic hydroxyl groups is 1. The molecule has 0 unspecified atom stereocenters. The van der Waals surface area contributed by atoms with Gasteiger partial charge in [0.1, 0.15) is 18.7 Å². The molecule has 0 saturated heterocycles. The molecule has 140 valence electrons. The molecule has 0 spiro atoms. The first-order chi connectivity index (χ1) is 13.7. The summed E-state index contributed by atoms with van der Waals surface area (Å²) in [7, 11) is 0. The first kappa shape index (κ1) is 17.7. The number of nitro groups is 1. The Kier molecular flexibility index (Phi) is 4.74. The van der Waals surface area contributed by atoms with E-state index in [1.807, 2.05) is 47.0 Å². The predicted molar refractivity (Wildman–Crippen MR) is 106 cm³/mol. The molecular formula is C21H17N3O4. The van der Waals surface area contributed by atoms with E-state index in [-0.39, 0.29) is 18.9 Å². The van der Waals surface area contributed by atoms with Gasteiger partial charge in [0, 0.05) is 17.8 Å². The van der Waals surface area contributed by atoms with Crippen LogP contribution in [0.25, 0.3) is 27.8 Å². The highest BCUT2D eigenvalue weighted by Crippen LogP contribution is 2.27. The van der Waals surface area contributed by atoms with Crippen LogP contribution in [0.4, 0.5) is 5.69 Å². The smallest absolute Gasteiger partial charge is 0.269 e. The fourth-order valence-corrected chi connectivity index (χ4v) is 3.04. The van der Waals surface area contributed by atoms with E-state index in [1.54, 1.807) is 18.5 Å². The Morgan fingerprint density at radius 3 is 2.39 bits per heavy atom. The number of non-ortho nitro benzene ring substituents is 1. The molecule has 0 atom stereocenters. The number of hydrogen-bond acceptors (Lipinski definition) is 5. The third-order valence-electron chi connectivity index (χ3n) is 4.43. The average Bonchev–Trinajstić information content (AvgIpc) is 3.16. The topological polar surface area (TPSA) is 90.4 Å². The van der Waals surface area contributed by atoms with Crippen molar-refractivity contribution in [1.29, 1.82) is 0 Å². The summed E-state index contributed by atoms with van der Waals surface area (Å²) in [6, 6.07) is 19.9. The van der Waals surface area contributed by atoms with Gasteiger partial charge in [0.05, 0.1) is 22.6 Å². The second kappa shape index (κ2) is 7.50. The minimum absolute atomic E-state index is 0.0228. The number of hydrogen-bond donors (Lipinski definition) is 1. The first-order valence-corrected chi connectivity index (χ1v) is 8.72. The minimum atomic E-state index is -0.408. The summed E-state index contributed by atoms with van der Waals surface area (Å²) < 4.78 is 7.36. The van der Waals surface area contributed by atoms with Crippen molar-refractivity contribution >= 4 is 16.7 Å². The Bertz CT molecular complexity index is 1120. The van der Waals surface area contributed by atoms with E-state index in [4.69, 9.17) is 9.84 Å². The van der Waals surface area contributed by atoms with Crippen LogP contribution < -0.4 is 4.74 Å². The van der Waals surface area contributed by atoms with Gasteiger partial charge in [0.2, 0.25) is 0 Å². The summed E-state index contributed by atoms with van der Waals surface area (Å²) in [4.78, 5) is 14.9. The lowest BCUT2D eigenvalue weighted by Gasteiger charge is -2.08. The van der Waals surface area contributed by atoms with Gasteiger partial charge in [-0.05, 0) is 59.7 Å². The maximum Gasteiger partial charge on any atom is 0.269 e. The summed E-state index contributed by atoms with van der Waals surface area (Å²) in [6.07, 6.45) is 1.76. The molecule has 0 aliphatic carbocycles. The summed E-state index contributed by atoms with van der Waals surface area (Å²) in [5, 5.41) is 19.6. The molecule has 0 radical (unpaired) electrons. The number of imidazole rings is 1. The molecule has 28 heavy (non-hydrogen) atoms. The highest BCUT2D eigenvalue weighted by molar-refractivity contribution is 5.83. The SMILES string of the molecule is O=[N+]([O-])c1ccc(-c2ccc3c(c2)ncn3-c2ccc(OCCO)cc2)cc1. The molecular weight excluding hydrogens is 358 g/mol. The molecule has 0 amide bonds. The standard InChI is InChI=1S/C21H17N3O4/c25-11-12-28-19-8-6-17(7-9-19)23-14-22-20-13-16(3-10-21(20)23)15-1-4-18(5-2-15)24(26)27/h1-10,13-14,25H,11-12H2. The van der Waals surface area contributed by atoms with Crippen LogP contribution >= 0.6 is 0 Å². The highest BCUT2D eigenvalue weighted by atomic mass is 16.6. The molecule has 3 aromatic carbocycles. The minimum Gasteiger partial charge on any atom is -0.491 e. The fourth-order valence-electron chi connectivity index (χ4n) is 3.04. The predicted octanol–water partition coefficient (Wildman–Crippen LogP) is 3.97. The van der Waals surface area contributed by atoms with Crippen molar-refractivity contribution in [3.8, 4) is 22.6 Å². The van der Waals surface area contributed by atoms with E-state index < -0.39 is 4.92 Å². The van der Waals surface area contributed by atoms with Gasteiger partial charge < -0.3 is 9.84 Å². The largest absolute Gasteiger partial charge is 0.491 e. The number of nitrogens with zero attached hydrogens (tertiary/aromatic N) is 3. The molecule has 7 nitrogen and oxygen atoms in total. The van der Waals surface area contributed by atoms with Crippen LogP contribution in [0.15, 0.2) is 73.1 Å². The fraction of sp³-hybridized carbons (Fsp3) is 0.0952. The molecule has 1 N–H and O–H groups in total. The van der Waals surface area contributed by atoms with Gasteiger partial charge in [-0.3, -0.25) is 14.7 Å². The molecule has 7 heteroatoms. The van der Waals surface area contributed by atoms with Gasteiger partial charge in [0.15, 0.2) is 0 Å². The summed E-state index contributed by atoms with van der Waals surface area (Å²) >= 11 is 0. The van der Waals surface area contributed by atoms with Crippen LogP contribution in [0, 0.1) is 10.1 Å². The quantitative estimate of drug-likeness (QED) is 0.407. The van der Waals surface area contributed by atoms with Crippen LogP contribution in [-0.2, 0) is 0 Å². The molecule has 0 aliphatic heterocycles. The second-order valence-electron chi connectivity index (χ2n) is 6.19. The van der Waals surface area contributed by atoms with Crippen LogP contribution in [0.2, 0.25) is 0 Å². The maximum absolute atomic E-state index is 10.8. The van der Waals surface area contributed by atoms with Crippen LogP contribution in [0.5, 0.6) is 5.75 Å². The molecule has 0 aliphatic rings. The van der Waals surface area contributed by atoms with E-state index >= 15 is 0 Å². The van der Waals surface area contributed by atoms with Gasteiger partial charge >= 0.3 is 0 Å². The zero-order valence-corrected chi connectivity index (χ0v) is 14.9. The van der Waals surface area contributed by atoms with Crippen molar-refractivity contribution in [2.45, 2.75) is 0 Å². The average molecular weight is 375 g/mol. The Balaban J connectivity index is 1.63. The highest BCUT2D eigenvalue weighted by Gasteiger charge is 2.09. The summed E-state index contributed by atoms with van der Waals surface area (Å²) in [5.41, 5.74) is 4.64. The van der Waals surface area contributed by atoms with E-state index in [9.17, 15) is 10.1 Å². The Morgan fingerprint density at radius 2 is 1.71 bits per heavy atom. The molecule has 0 bridgehead atoms. The first-order valence-electron chi connectivity index (χ1n) is 8.72. The molecule has 0 saturated carbocycles. The molecule has 1 heterocycles. The van der Waals surface area contributed by atoms with Gasteiger partial charge in [-0.15, -0.1) is 0 Å². The number of fused-ring (bicyclic) bond motifs is 1. The zero-order valence-electron chi connectivity index (χ0n) is 14.9. The number of aromatic nitrogens is 2. The van der Waals surface area contributed by atoms with Crippen LogP contribution in [0.1, 0.15) is 0 Å². The van der Waals surface area contributed by atoms with Crippen molar-refractivity contribution in [2.75, 3.05) is 13.2 Å². The number of rotatable bonds is 6. The van der Waals surface area contributed by atoms with E-state index in [0.717, 1.165) is 27.8 Å². The maximum atomic E-state index is 10.8. The van der Waals surface area contributed by atoms with E-state index in [1.165, 1.54) is 12.1 Å². The summed E-state index contributed by atoms with van der Waals surface area (Å²) in [5.74, 6) is 0.697. The van der Waals surface area contributed by atoms with Gasteiger partial charge in [-0.25, -0.2) is 4.98 Å². The lowest BCUT2D eigenvalue weighted by atomic mass is 10.0. The van der Waals surface area contributed by atoms with E-state index in [0.29, 0.717) is 5.75 Å². The second-order valence-corrected chi connectivity index (χ2v) is 6.19. The van der Waals surface area contributed by atoms with Gasteiger partial charge in [-0.2, -0.15) is 0 Å². The van der Waals surface area contributed by atoms with Crippen molar-refractivity contribution in [3.63, 3.8) is 0 Å².